The van der Waals surface area contributed by atoms with Crippen LogP contribution in [0.3, 0.4) is 0 Å². The number of carbonyl (C=O) groups is 1. The topological polar surface area (TPSA) is 83.9 Å². The summed E-state index contributed by atoms with van der Waals surface area (Å²) < 4.78 is 1.54. The second-order valence-corrected chi connectivity index (χ2v) is 6.80. The van der Waals surface area contributed by atoms with Crippen molar-refractivity contribution in [2.24, 2.45) is 18.9 Å². The van der Waals surface area contributed by atoms with Crippen molar-refractivity contribution in [2.45, 2.75) is 31.7 Å². The third kappa shape index (κ3) is 2.64. The van der Waals surface area contributed by atoms with Gasteiger partial charge in [0.15, 0.2) is 5.82 Å². The highest BCUT2D eigenvalue weighted by atomic mass is 16.2. The Kier molecular flexibility index (Phi) is 3.70. The number of rotatable bonds is 4. The van der Waals surface area contributed by atoms with E-state index in [1.54, 1.807) is 19.4 Å². The highest BCUT2D eigenvalue weighted by molar-refractivity contribution is 5.79. The molecule has 0 aromatic carbocycles. The molecule has 7 nitrogen and oxygen atoms in total. The Morgan fingerprint density at radius 3 is 2.67 bits per heavy atom. The Balaban J connectivity index is 1.62. The predicted octanol–water partition coefficient (Wildman–Crippen LogP) is 1.05. The fraction of sp³-hybridized carbons (Fsp3) is 0.529. The third-order valence-corrected chi connectivity index (χ3v) is 5.28. The number of amides is 1. The minimum atomic E-state index is -0.229. The Hall–Kier alpha value is -2.44. The van der Waals surface area contributed by atoms with Gasteiger partial charge in [-0.2, -0.15) is 5.10 Å². The van der Waals surface area contributed by atoms with Crippen LogP contribution < -0.4 is 5.69 Å². The van der Waals surface area contributed by atoms with Gasteiger partial charge < -0.3 is 4.90 Å². The Bertz CT molecular complexity index is 793. The Morgan fingerprint density at radius 1 is 1.29 bits per heavy atom. The molecule has 0 spiro atoms. The zero-order valence-corrected chi connectivity index (χ0v) is 13.7. The molecule has 2 aromatic rings. The molecule has 126 valence electrons. The highest BCUT2D eigenvalue weighted by Gasteiger charge is 2.47. The standard InChI is InChI=1S/C17H21N5O2/c1-21-16(19-20-17(21)24)15-13(12-2-3-12)6-9-22(15)14(23)10-11-4-7-18-8-5-11/h4-5,7-8,12-13,15H,2-3,6,9-10H2,1H3,(H,20,24). The number of carbonyl (C=O) groups excluding carboxylic acids is 1. The Morgan fingerprint density at radius 2 is 2.04 bits per heavy atom. The number of hydrogen-bond donors (Lipinski definition) is 1. The summed E-state index contributed by atoms with van der Waals surface area (Å²) in [7, 11) is 1.72. The number of pyridine rings is 1. The van der Waals surface area contributed by atoms with Gasteiger partial charge in [0, 0.05) is 26.0 Å². The lowest BCUT2D eigenvalue weighted by atomic mass is 9.94. The number of aromatic amines is 1. The van der Waals surface area contributed by atoms with Gasteiger partial charge in [-0.05, 0) is 48.8 Å². The van der Waals surface area contributed by atoms with Gasteiger partial charge in [0.1, 0.15) is 0 Å². The van der Waals surface area contributed by atoms with Crippen molar-refractivity contribution in [3.63, 3.8) is 0 Å². The van der Waals surface area contributed by atoms with Crippen molar-refractivity contribution in [3.8, 4) is 0 Å². The zero-order chi connectivity index (χ0) is 16.7. The van der Waals surface area contributed by atoms with Crippen LogP contribution in [0.25, 0.3) is 0 Å². The first-order valence-electron chi connectivity index (χ1n) is 8.45. The van der Waals surface area contributed by atoms with E-state index in [0.29, 0.717) is 24.1 Å². The summed E-state index contributed by atoms with van der Waals surface area (Å²) in [6, 6.07) is 3.63. The van der Waals surface area contributed by atoms with E-state index in [-0.39, 0.29) is 17.6 Å². The quantitative estimate of drug-likeness (QED) is 0.909. The van der Waals surface area contributed by atoms with Gasteiger partial charge in [0.05, 0.1) is 12.5 Å². The van der Waals surface area contributed by atoms with Crippen LogP contribution in [0.15, 0.2) is 29.3 Å². The maximum absolute atomic E-state index is 12.9. The smallest absolute Gasteiger partial charge is 0.332 e. The molecule has 4 rings (SSSR count). The maximum atomic E-state index is 12.9. The van der Waals surface area contributed by atoms with E-state index >= 15 is 0 Å². The average Bonchev–Trinajstić information content (AvgIpc) is 3.26. The van der Waals surface area contributed by atoms with Crippen LogP contribution in [-0.2, 0) is 18.3 Å². The van der Waals surface area contributed by atoms with Crippen LogP contribution in [0.5, 0.6) is 0 Å². The van der Waals surface area contributed by atoms with E-state index < -0.39 is 0 Å². The van der Waals surface area contributed by atoms with Crippen LogP contribution in [0.2, 0.25) is 0 Å². The summed E-state index contributed by atoms with van der Waals surface area (Å²) in [4.78, 5) is 30.6. The van der Waals surface area contributed by atoms with Crippen molar-refractivity contribution in [3.05, 3.63) is 46.4 Å². The van der Waals surface area contributed by atoms with Crippen LogP contribution in [-0.4, -0.2) is 37.1 Å². The monoisotopic (exact) mass is 327 g/mol. The normalized spacial score (nSPS) is 23.6. The molecule has 7 heteroatoms. The molecule has 0 radical (unpaired) electrons. The SMILES string of the molecule is Cn1c(C2C(C3CC3)CCN2C(=O)Cc2ccncc2)n[nH]c1=O. The van der Waals surface area contributed by atoms with Gasteiger partial charge >= 0.3 is 5.69 Å². The fourth-order valence-electron chi connectivity index (χ4n) is 3.85. The highest BCUT2D eigenvalue weighted by Crippen LogP contribution is 2.49. The summed E-state index contributed by atoms with van der Waals surface area (Å²) in [6.07, 6.45) is 7.17. The summed E-state index contributed by atoms with van der Waals surface area (Å²) in [5.41, 5.74) is 0.729. The van der Waals surface area contributed by atoms with Gasteiger partial charge in [-0.1, -0.05) is 0 Å². The van der Waals surface area contributed by atoms with Crippen molar-refractivity contribution >= 4 is 5.91 Å². The molecule has 2 unspecified atom stereocenters. The average molecular weight is 327 g/mol. The maximum Gasteiger partial charge on any atom is 0.343 e. The van der Waals surface area contributed by atoms with Gasteiger partial charge in [-0.25, -0.2) is 9.89 Å². The zero-order valence-electron chi connectivity index (χ0n) is 13.7. The lowest BCUT2D eigenvalue weighted by Crippen LogP contribution is -2.35. The van der Waals surface area contributed by atoms with Crippen LogP contribution >= 0.6 is 0 Å². The largest absolute Gasteiger partial charge is 0.343 e. The molecular formula is C17H21N5O2. The van der Waals surface area contributed by atoms with Crippen molar-refractivity contribution in [1.82, 2.24) is 24.6 Å². The van der Waals surface area contributed by atoms with Crippen LogP contribution in [0.1, 0.15) is 36.7 Å². The first kappa shape index (κ1) is 15.1. The van der Waals surface area contributed by atoms with Gasteiger partial charge in [-0.15, -0.1) is 0 Å². The van der Waals surface area contributed by atoms with Gasteiger partial charge in [0.25, 0.3) is 0 Å². The van der Waals surface area contributed by atoms with E-state index in [9.17, 15) is 9.59 Å². The van der Waals surface area contributed by atoms with E-state index in [2.05, 4.69) is 15.2 Å². The molecular weight excluding hydrogens is 306 g/mol. The van der Waals surface area contributed by atoms with E-state index in [1.807, 2.05) is 17.0 Å². The second kappa shape index (κ2) is 5.89. The molecule has 1 N–H and O–H groups in total. The summed E-state index contributed by atoms with van der Waals surface area (Å²) in [6.45, 7) is 0.733. The number of nitrogens with one attached hydrogen (secondary N) is 1. The predicted molar refractivity (Wildman–Crippen MR) is 87.1 cm³/mol. The molecule has 1 amide bonds. The molecule has 2 atom stereocenters. The van der Waals surface area contributed by atoms with Crippen LogP contribution in [0.4, 0.5) is 0 Å². The summed E-state index contributed by atoms with van der Waals surface area (Å²) in [5.74, 6) is 1.82. The summed E-state index contributed by atoms with van der Waals surface area (Å²) in [5, 5.41) is 6.73. The minimum absolute atomic E-state index is 0.0878. The Labute approximate surface area is 139 Å². The van der Waals surface area contributed by atoms with Crippen molar-refractivity contribution in [2.75, 3.05) is 6.54 Å². The molecule has 1 aliphatic carbocycles. The lowest BCUT2D eigenvalue weighted by molar-refractivity contribution is -0.132. The molecule has 2 fully saturated rings. The fourth-order valence-corrected chi connectivity index (χ4v) is 3.85. The number of hydrogen-bond acceptors (Lipinski definition) is 4. The van der Waals surface area contributed by atoms with E-state index in [1.165, 1.54) is 17.4 Å². The number of H-pyrrole nitrogens is 1. The number of likely N-dealkylation sites (tertiary alicyclic amines) is 1. The second-order valence-electron chi connectivity index (χ2n) is 6.80. The molecule has 1 aliphatic heterocycles. The first-order chi connectivity index (χ1) is 11.6. The van der Waals surface area contributed by atoms with E-state index in [4.69, 9.17) is 0 Å². The number of nitrogens with zero attached hydrogens (tertiary/aromatic N) is 4. The molecule has 2 aliphatic rings. The van der Waals surface area contributed by atoms with Crippen LogP contribution in [0, 0.1) is 11.8 Å². The molecule has 0 bridgehead atoms. The molecule has 1 saturated heterocycles. The van der Waals surface area contributed by atoms with Crippen molar-refractivity contribution < 1.29 is 4.79 Å². The first-order valence-corrected chi connectivity index (χ1v) is 8.45. The minimum Gasteiger partial charge on any atom is -0.332 e. The van der Waals surface area contributed by atoms with E-state index in [0.717, 1.165) is 18.5 Å². The number of aromatic nitrogens is 4. The van der Waals surface area contributed by atoms with Gasteiger partial charge in [-0.3, -0.25) is 14.3 Å². The van der Waals surface area contributed by atoms with Crippen molar-refractivity contribution in [1.29, 1.82) is 0 Å². The summed E-state index contributed by atoms with van der Waals surface area (Å²) >= 11 is 0. The molecule has 3 heterocycles. The molecule has 1 saturated carbocycles. The molecule has 24 heavy (non-hydrogen) atoms. The molecule has 2 aromatic heterocycles. The lowest BCUT2D eigenvalue weighted by Gasteiger charge is -2.27. The van der Waals surface area contributed by atoms with Gasteiger partial charge in [0.2, 0.25) is 5.91 Å². The third-order valence-electron chi connectivity index (χ3n) is 5.28.